The van der Waals surface area contributed by atoms with Gasteiger partial charge in [0.15, 0.2) is 0 Å². The molecule has 0 aliphatic carbocycles. The Bertz CT molecular complexity index is 2150. The zero-order valence-corrected chi connectivity index (χ0v) is 39.2. The van der Waals surface area contributed by atoms with Gasteiger partial charge in [-0.15, -0.1) is 0 Å². The number of phenols is 2. The van der Waals surface area contributed by atoms with Crippen LogP contribution in [0.2, 0.25) is 0 Å². The van der Waals surface area contributed by atoms with Crippen LogP contribution < -0.4 is 26.6 Å². The van der Waals surface area contributed by atoms with Gasteiger partial charge in [-0.3, -0.25) is 43.4 Å². The number of carboxylic acid groups (broad SMARTS) is 6. The standard InChI is InChI=1S/C46H65N7O18/c54-35-13-8-29(10-15-38(57)48-18-4-1-2-7-37(56)47-19-5-3-6-33(44(67)68)50-46(71)51-34(45(69)70)12-17-40(59)60)22-31(35)25-52(27-42(63)64)20-21-53(28-43(65)66)26-32-23-30(9-14-36(32)55)11-16-39(58)49-24-41(61)62/h8-9,13-14,22-23,33-34,54-55H,1-7,10-12,15-21,24-28H2,(H,47,56)(H,48,57)(H,49,58)(H,59,60)(H,61,62)(H,63,64)(H,65,66)(H,67,68)(H,69,70)(H2,50,51,71)/t33-,34-/m0/s1. The van der Waals surface area contributed by atoms with E-state index in [9.17, 15) is 78.6 Å². The summed E-state index contributed by atoms with van der Waals surface area (Å²) in [4.78, 5) is 120. The number of aliphatic carboxylic acids is 6. The molecule has 2 rings (SSSR count). The third kappa shape index (κ3) is 26.7. The first-order chi connectivity index (χ1) is 33.6. The van der Waals surface area contributed by atoms with Crippen molar-refractivity contribution in [3.63, 3.8) is 0 Å². The van der Waals surface area contributed by atoms with Gasteiger partial charge in [-0.05, 0) is 74.6 Å². The van der Waals surface area contributed by atoms with Crippen LogP contribution in [0, 0.1) is 0 Å². The summed E-state index contributed by atoms with van der Waals surface area (Å²) in [7, 11) is 0. The zero-order chi connectivity index (χ0) is 52.9. The number of nitrogens with one attached hydrogen (secondary N) is 5. The van der Waals surface area contributed by atoms with Crippen LogP contribution in [0.1, 0.15) is 92.9 Å². The second-order valence-electron chi connectivity index (χ2n) is 16.6. The lowest BCUT2D eigenvalue weighted by Gasteiger charge is -2.26. The van der Waals surface area contributed by atoms with Crippen molar-refractivity contribution in [2.45, 2.75) is 109 Å². The minimum absolute atomic E-state index is 0.0124. The van der Waals surface area contributed by atoms with Gasteiger partial charge in [0.1, 0.15) is 30.1 Å². The molecule has 25 heteroatoms. The summed E-state index contributed by atoms with van der Waals surface area (Å²) >= 11 is 0. The number of carbonyl (C=O) groups excluding carboxylic acids is 4. The molecular formula is C46H65N7O18. The average molecular weight is 1000 g/mol. The lowest BCUT2D eigenvalue weighted by molar-refractivity contribution is -0.141. The number of carbonyl (C=O) groups is 10. The maximum absolute atomic E-state index is 12.6. The van der Waals surface area contributed by atoms with E-state index in [4.69, 9.17) is 10.2 Å². The predicted molar refractivity (Wildman–Crippen MR) is 249 cm³/mol. The number of amides is 5. The molecule has 0 aliphatic rings. The molecule has 2 aromatic rings. The number of hydrogen-bond acceptors (Lipinski definition) is 14. The molecule has 71 heavy (non-hydrogen) atoms. The Hall–Kier alpha value is -7.54. The fraction of sp³-hybridized carbons (Fsp3) is 0.522. The lowest BCUT2D eigenvalue weighted by Crippen LogP contribution is -2.51. The summed E-state index contributed by atoms with van der Waals surface area (Å²) in [6.07, 6.45) is 2.36. The van der Waals surface area contributed by atoms with Gasteiger partial charge in [0.05, 0.1) is 13.1 Å². The number of rotatable bonds is 37. The first kappa shape index (κ1) is 59.6. The maximum Gasteiger partial charge on any atom is 0.326 e. The highest BCUT2D eigenvalue weighted by atomic mass is 16.4. The van der Waals surface area contributed by atoms with E-state index in [0.29, 0.717) is 67.3 Å². The van der Waals surface area contributed by atoms with E-state index in [2.05, 4.69) is 26.6 Å². The monoisotopic (exact) mass is 1000 g/mol. The molecule has 0 fully saturated rings. The van der Waals surface area contributed by atoms with E-state index >= 15 is 0 Å². The van der Waals surface area contributed by atoms with Gasteiger partial charge in [-0.2, -0.15) is 0 Å². The molecule has 2 atom stereocenters. The lowest BCUT2D eigenvalue weighted by atomic mass is 10.0. The Kier molecular flexibility index (Phi) is 27.1. The number of benzene rings is 2. The van der Waals surface area contributed by atoms with E-state index < -0.39 is 92.3 Å². The number of carboxylic acids is 6. The van der Waals surface area contributed by atoms with Crippen molar-refractivity contribution >= 4 is 59.6 Å². The van der Waals surface area contributed by atoms with E-state index in [0.717, 1.165) is 0 Å². The van der Waals surface area contributed by atoms with Crippen molar-refractivity contribution in [3.8, 4) is 11.5 Å². The minimum Gasteiger partial charge on any atom is -0.508 e. The van der Waals surface area contributed by atoms with E-state index in [1.165, 1.54) is 21.9 Å². The number of aryl methyl sites for hydroxylation is 2. The topological polar surface area (TPSA) is 399 Å². The SMILES string of the molecule is O=C(O)CC[C@H](NC(=O)N[C@@H](CCCCNC(=O)CCCCCNC(=O)CCc1ccc(O)c(CN(CCN(CC(=O)O)Cc2cc(CCC(=O)NCC(=O)O)ccc2O)CC(=O)O)c1)C(=O)O)C(=O)O. The fourth-order valence-corrected chi connectivity index (χ4v) is 7.03. The first-order valence-electron chi connectivity index (χ1n) is 22.9. The summed E-state index contributed by atoms with van der Waals surface area (Å²) in [5.74, 6) is -8.81. The molecule has 0 aromatic heterocycles. The van der Waals surface area contributed by atoms with Gasteiger partial charge in [-0.25, -0.2) is 14.4 Å². The summed E-state index contributed by atoms with van der Waals surface area (Å²) in [6, 6.07) is 5.37. The second-order valence-corrected chi connectivity index (χ2v) is 16.6. The predicted octanol–water partition coefficient (Wildman–Crippen LogP) is 0.671. The molecule has 5 amide bonds. The van der Waals surface area contributed by atoms with Crippen LogP contribution >= 0.6 is 0 Å². The third-order valence-electron chi connectivity index (χ3n) is 10.7. The number of nitrogens with zero attached hydrogens (tertiary/aromatic N) is 2. The number of hydrogen-bond donors (Lipinski definition) is 13. The van der Waals surface area contributed by atoms with Crippen molar-refractivity contribution < 1.29 is 88.8 Å². The minimum atomic E-state index is -1.52. The zero-order valence-electron chi connectivity index (χ0n) is 39.2. The summed E-state index contributed by atoms with van der Waals surface area (Å²) in [5.41, 5.74) is 2.06. The number of urea groups is 1. The highest BCUT2D eigenvalue weighted by Gasteiger charge is 2.25. The van der Waals surface area contributed by atoms with Crippen LogP contribution in [0.25, 0.3) is 0 Å². The normalized spacial score (nSPS) is 11.8. The quantitative estimate of drug-likeness (QED) is 0.0414. The fourth-order valence-electron chi connectivity index (χ4n) is 7.03. The van der Waals surface area contributed by atoms with Crippen LogP contribution in [0.4, 0.5) is 4.79 Å². The molecule has 0 saturated heterocycles. The van der Waals surface area contributed by atoms with Gasteiger partial charge in [0.25, 0.3) is 0 Å². The average Bonchev–Trinajstić information content (AvgIpc) is 3.29. The van der Waals surface area contributed by atoms with Gasteiger partial charge in [-0.1, -0.05) is 30.7 Å². The Morgan fingerprint density at radius 3 is 1.38 bits per heavy atom. The summed E-state index contributed by atoms with van der Waals surface area (Å²) in [6.45, 7) is -0.826. The van der Waals surface area contributed by atoms with Crippen molar-refractivity contribution in [3.05, 3.63) is 58.7 Å². The Balaban J connectivity index is 1.78. The van der Waals surface area contributed by atoms with E-state index in [-0.39, 0.29) is 88.1 Å². The Labute approximate surface area is 408 Å². The molecule has 0 aliphatic heterocycles. The molecule has 0 heterocycles. The van der Waals surface area contributed by atoms with Gasteiger partial charge < -0.3 is 67.4 Å². The van der Waals surface area contributed by atoms with Gasteiger partial charge >= 0.3 is 41.8 Å². The van der Waals surface area contributed by atoms with Crippen molar-refractivity contribution in [2.24, 2.45) is 0 Å². The molecule has 13 N–H and O–H groups in total. The third-order valence-corrected chi connectivity index (χ3v) is 10.7. The second kappa shape index (κ2) is 32.3. The van der Waals surface area contributed by atoms with Crippen LogP contribution in [0.15, 0.2) is 36.4 Å². The van der Waals surface area contributed by atoms with Crippen LogP contribution in [-0.4, -0.2) is 168 Å². The molecule has 2 aromatic carbocycles. The number of unbranched alkanes of at least 4 members (excludes halogenated alkanes) is 3. The van der Waals surface area contributed by atoms with Crippen molar-refractivity contribution in [1.29, 1.82) is 0 Å². The Morgan fingerprint density at radius 2 is 0.930 bits per heavy atom. The maximum atomic E-state index is 12.6. The van der Waals surface area contributed by atoms with Gasteiger partial charge in [0.2, 0.25) is 17.7 Å². The Morgan fingerprint density at radius 1 is 0.479 bits per heavy atom. The van der Waals surface area contributed by atoms with Crippen LogP contribution in [0.5, 0.6) is 11.5 Å². The number of aromatic hydroxyl groups is 2. The number of phenolic OH excluding ortho intramolecular Hbond substituents is 2. The molecular weight excluding hydrogens is 939 g/mol. The van der Waals surface area contributed by atoms with Crippen molar-refractivity contribution in [1.82, 2.24) is 36.4 Å². The van der Waals surface area contributed by atoms with Crippen LogP contribution in [-0.2, 0) is 69.1 Å². The smallest absolute Gasteiger partial charge is 0.326 e. The van der Waals surface area contributed by atoms with Crippen LogP contribution in [0.3, 0.4) is 0 Å². The molecule has 0 bridgehead atoms. The van der Waals surface area contributed by atoms with E-state index in [1.807, 2.05) is 0 Å². The molecule has 392 valence electrons. The van der Waals surface area contributed by atoms with Gasteiger partial charge in [0, 0.05) is 76.1 Å². The van der Waals surface area contributed by atoms with E-state index in [1.54, 1.807) is 24.3 Å². The largest absolute Gasteiger partial charge is 0.508 e. The van der Waals surface area contributed by atoms with Crippen molar-refractivity contribution in [2.75, 3.05) is 45.8 Å². The summed E-state index contributed by atoms with van der Waals surface area (Å²) in [5, 5.41) is 88.7. The molecule has 0 spiro atoms. The molecule has 0 radical (unpaired) electrons. The molecule has 25 nitrogen and oxygen atoms in total. The first-order valence-corrected chi connectivity index (χ1v) is 22.9. The summed E-state index contributed by atoms with van der Waals surface area (Å²) < 4.78 is 0. The highest BCUT2D eigenvalue weighted by Crippen LogP contribution is 2.23. The molecule has 0 saturated carbocycles. The molecule has 0 unspecified atom stereocenters. The highest BCUT2D eigenvalue weighted by molar-refractivity contribution is 5.86.